The fourth-order valence-electron chi connectivity index (χ4n) is 2.21. The minimum Gasteiger partial charge on any atom is -0.228 e. The Hall–Kier alpha value is -1.53. The van der Waals surface area contributed by atoms with E-state index in [4.69, 9.17) is 0 Å². The first kappa shape index (κ1) is 14.4. The summed E-state index contributed by atoms with van der Waals surface area (Å²) in [5, 5.41) is 2.83. The molecule has 0 aliphatic carbocycles. The van der Waals surface area contributed by atoms with E-state index < -0.39 is 0 Å². The Bertz CT molecular complexity index is 819. The lowest BCUT2D eigenvalue weighted by molar-refractivity contribution is 0.897. The molecule has 0 radical (unpaired) electrons. The molecular weight excluding hydrogens is 300 g/mol. The van der Waals surface area contributed by atoms with Crippen molar-refractivity contribution in [3.63, 3.8) is 0 Å². The van der Waals surface area contributed by atoms with Crippen molar-refractivity contribution in [2.24, 2.45) is 0 Å². The van der Waals surface area contributed by atoms with Gasteiger partial charge in [0.15, 0.2) is 5.16 Å². The molecule has 6 heteroatoms. The average molecular weight is 316 g/mol. The predicted octanol–water partition coefficient (Wildman–Crippen LogP) is 4.17. The normalized spacial score (nSPS) is 11.3. The lowest BCUT2D eigenvalue weighted by Crippen LogP contribution is -1.95. The van der Waals surface area contributed by atoms with Crippen LogP contribution in [0.25, 0.3) is 10.2 Å². The first-order chi connectivity index (χ1) is 9.94. The minimum absolute atomic E-state index is 0.746. The van der Waals surface area contributed by atoms with Crippen molar-refractivity contribution in [2.45, 2.75) is 44.8 Å². The third-order valence-electron chi connectivity index (χ3n) is 3.26. The predicted molar refractivity (Wildman–Crippen MR) is 87.3 cm³/mol. The Kier molecular flexibility index (Phi) is 3.67. The van der Waals surface area contributed by atoms with E-state index in [1.165, 1.54) is 22.2 Å². The molecular formula is C15H16N4S2. The molecule has 3 heterocycles. The van der Waals surface area contributed by atoms with Gasteiger partial charge in [0.2, 0.25) is 0 Å². The molecule has 3 aromatic heterocycles. The maximum atomic E-state index is 4.61. The van der Waals surface area contributed by atoms with Gasteiger partial charge in [-0.15, -0.1) is 11.3 Å². The van der Waals surface area contributed by atoms with Crippen LogP contribution in [0.5, 0.6) is 0 Å². The molecule has 0 unspecified atom stereocenters. The summed E-state index contributed by atoms with van der Waals surface area (Å²) in [5.74, 6) is 0.788. The highest BCUT2D eigenvalue weighted by Gasteiger charge is 2.15. The third kappa shape index (κ3) is 2.78. The number of fused-ring (bicyclic) bond motifs is 1. The largest absolute Gasteiger partial charge is 0.228 e. The second-order valence-corrected chi connectivity index (χ2v) is 7.23. The summed E-state index contributed by atoms with van der Waals surface area (Å²) in [6, 6.07) is 1.98. The summed E-state index contributed by atoms with van der Waals surface area (Å²) in [5.41, 5.74) is 3.21. The molecule has 0 aliphatic rings. The van der Waals surface area contributed by atoms with E-state index in [1.54, 1.807) is 11.3 Å². The van der Waals surface area contributed by atoms with Crippen molar-refractivity contribution in [1.29, 1.82) is 0 Å². The van der Waals surface area contributed by atoms with Gasteiger partial charge in [-0.05, 0) is 58.0 Å². The quantitative estimate of drug-likeness (QED) is 0.524. The number of hydrogen-bond acceptors (Lipinski definition) is 6. The van der Waals surface area contributed by atoms with Gasteiger partial charge in [-0.3, -0.25) is 0 Å². The number of aromatic nitrogens is 4. The molecule has 21 heavy (non-hydrogen) atoms. The number of thiophene rings is 1. The van der Waals surface area contributed by atoms with E-state index in [0.29, 0.717) is 0 Å². The van der Waals surface area contributed by atoms with Crippen LogP contribution in [-0.2, 0) is 0 Å². The van der Waals surface area contributed by atoms with E-state index in [9.17, 15) is 0 Å². The summed E-state index contributed by atoms with van der Waals surface area (Å²) in [6.45, 7) is 10.1. The molecule has 0 spiro atoms. The summed E-state index contributed by atoms with van der Waals surface area (Å²) in [4.78, 5) is 20.5. The Morgan fingerprint density at radius 2 is 1.57 bits per heavy atom. The second-order valence-electron chi connectivity index (χ2n) is 5.07. The first-order valence-electron chi connectivity index (χ1n) is 6.68. The van der Waals surface area contributed by atoms with Crippen molar-refractivity contribution < 1.29 is 0 Å². The van der Waals surface area contributed by atoms with Gasteiger partial charge in [0, 0.05) is 21.7 Å². The molecule has 0 amide bonds. The van der Waals surface area contributed by atoms with Crippen LogP contribution >= 0.6 is 23.1 Å². The van der Waals surface area contributed by atoms with Crippen molar-refractivity contribution in [3.05, 3.63) is 33.7 Å². The van der Waals surface area contributed by atoms with E-state index in [1.807, 2.05) is 26.8 Å². The van der Waals surface area contributed by atoms with Gasteiger partial charge in [0.05, 0.1) is 0 Å². The molecule has 3 aromatic rings. The molecule has 4 nitrogen and oxygen atoms in total. The molecule has 0 bridgehead atoms. The summed E-state index contributed by atoms with van der Waals surface area (Å²) in [7, 11) is 0. The molecule has 108 valence electrons. The maximum absolute atomic E-state index is 4.61. The molecule has 0 aliphatic heterocycles. The van der Waals surface area contributed by atoms with Crippen LogP contribution in [0.1, 0.15) is 27.7 Å². The molecule has 0 saturated carbocycles. The van der Waals surface area contributed by atoms with Crippen molar-refractivity contribution in [2.75, 3.05) is 0 Å². The topological polar surface area (TPSA) is 51.6 Å². The van der Waals surface area contributed by atoms with E-state index >= 15 is 0 Å². The Labute approximate surface area is 132 Å². The summed E-state index contributed by atoms with van der Waals surface area (Å²) in [6.07, 6.45) is 0. The van der Waals surface area contributed by atoms with Crippen LogP contribution in [0.2, 0.25) is 0 Å². The van der Waals surface area contributed by atoms with Gasteiger partial charge in [0.1, 0.15) is 15.7 Å². The molecule has 0 aromatic carbocycles. The number of aryl methyl sites for hydroxylation is 5. The van der Waals surface area contributed by atoms with Gasteiger partial charge in [-0.25, -0.2) is 19.9 Å². The van der Waals surface area contributed by atoms with Crippen LogP contribution in [0.15, 0.2) is 16.2 Å². The van der Waals surface area contributed by atoms with Crippen molar-refractivity contribution in [3.8, 4) is 0 Å². The molecule has 0 atom stereocenters. The van der Waals surface area contributed by atoms with Crippen LogP contribution in [0.4, 0.5) is 0 Å². The fourth-order valence-corrected chi connectivity index (χ4v) is 4.44. The lowest BCUT2D eigenvalue weighted by Gasteiger charge is -2.05. The molecule has 3 rings (SSSR count). The molecule has 0 saturated heterocycles. The summed E-state index contributed by atoms with van der Waals surface area (Å²) < 4.78 is 0. The van der Waals surface area contributed by atoms with Gasteiger partial charge >= 0.3 is 0 Å². The Morgan fingerprint density at radius 1 is 0.905 bits per heavy atom. The van der Waals surface area contributed by atoms with E-state index in [-0.39, 0.29) is 0 Å². The highest BCUT2D eigenvalue weighted by molar-refractivity contribution is 7.99. The smallest absolute Gasteiger partial charge is 0.194 e. The zero-order chi connectivity index (χ0) is 15.1. The van der Waals surface area contributed by atoms with Crippen LogP contribution in [-0.4, -0.2) is 19.9 Å². The lowest BCUT2D eigenvalue weighted by atomic mass is 10.2. The number of rotatable bonds is 2. The van der Waals surface area contributed by atoms with Crippen molar-refractivity contribution >= 4 is 33.3 Å². The Morgan fingerprint density at radius 3 is 2.24 bits per heavy atom. The zero-order valence-electron chi connectivity index (χ0n) is 12.7. The average Bonchev–Trinajstić information content (AvgIpc) is 2.63. The van der Waals surface area contributed by atoms with Crippen LogP contribution < -0.4 is 0 Å². The minimum atomic E-state index is 0.746. The van der Waals surface area contributed by atoms with Crippen molar-refractivity contribution in [1.82, 2.24) is 19.9 Å². The van der Waals surface area contributed by atoms with Crippen LogP contribution in [0, 0.1) is 34.6 Å². The fraction of sp³-hybridized carbons (Fsp3) is 0.333. The highest BCUT2D eigenvalue weighted by atomic mass is 32.2. The molecule has 0 fully saturated rings. The van der Waals surface area contributed by atoms with Crippen LogP contribution in [0.3, 0.4) is 0 Å². The van der Waals surface area contributed by atoms with Gasteiger partial charge < -0.3 is 0 Å². The molecule has 0 N–H and O–H groups in total. The first-order valence-corrected chi connectivity index (χ1v) is 8.32. The maximum Gasteiger partial charge on any atom is 0.194 e. The van der Waals surface area contributed by atoms with Gasteiger partial charge in [0.25, 0.3) is 0 Å². The monoisotopic (exact) mass is 316 g/mol. The SMILES string of the molecule is Cc1cc(C)nc(Sc2nc(C)nc3sc(C)c(C)c23)n1. The second kappa shape index (κ2) is 5.35. The summed E-state index contributed by atoms with van der Waals surface area (Å²) >= 11 is 3.24. The third-order valence-corrected chi connectivity index (χ3v) is 5.21. The van der Waals surface area contributed by atoms with Gasteiger partial charge in [-0.2, -0.15) is 0 Å². The Balaban J connectivity index is 2.15. The number of nitrogens with zero attached hydrogens (tertiary/aromatic N) is 4. The highest BCUT2D eigenvalue weighted by Crippen LogP contribution is 2.36. The zero-order valence-corrected chi connectivity index (χ0v) is 14.3. The van der Waals surface area contributed by atoms with E-state index in [0.717, 1.165) is 37.6 Å². The number of hydrogen-bond donors (Lipinski definition) is 0. The van der Waals surface area contributed by atoms with Gasteiger partial charge in [-0.1, -0.05) is 0 Å². The standard InChI is InChI=1S/C15H16N4S2/c1-7-6-8(2)17-15(16-7)21-14-12-9(3)10(4)20-13(12)18-11(5)19-14/h6H,1-5H3. The van der Waals surface area contributed by atoms with E-state index in [2.05, 4.69) is 33.8 Å².